The van der Waals surface area contributed by atoms with E-state index < -0.39 is 10.0 Å². The lowest BCUT2D eigenvalue weighted by atomic mass is 10.3. The van der Waals surface area contributed by atoms with Crippen LogP contribution in [0, 0.1) is 5.92 Å². The van der Waals surface area contributed by atoms with Gasteiger partial charge in [0, 0.05) is 20.0 Å². The first-order valence-corrected chi connectivity index (χ1v) is 8.28. The zero-order valence-corrected chi connectivity index (χ0v) is 13.0. The maximum atomic E-state index is 11.9. The molecular weight excluding hydrogens is 292 g/mol. The van der Waals surface area contributed by atoms with Crippen LogP contribution in [0.4, 0.5) is 0 Å². The van der Waals surface area contributed by atoms with E-state index >= 15 is 0 Å². The highest BCUT2D eigenvalue weighted by molar-refractivity contribution is 7.89. The summed E-state index contributed by atoms with van der Waals surface area (Å²) in [4.78, 5) is 11.6. The van der Waals surface area contributed by atoms with Gasteiger partial charge in [-0.25, -0.2) is 12.7 Å². The van der Waals surface area contributed by atoms with E-state index in [0.29, 0.717) is 18.9 Å². The Labute approximate surface area is 125 Å². The average Bonchev–Trinajstić information content (AvgIpc) is 3.28. The van der Waals surface area contributed by atoms with Crippen molar-refractivity contribution in [2.24, 2.45) is 5.92 Å². The highest BCUT2D eigenvalue weighted by Gasteiger charge is 2.29. The number of carbonyl (C=O) groups is 1. The summed E-state index contributed by atoms with van der Waals surface area (Å²) in [6, 6.07) is 6.24. The smallest absolute Gasteiger partial charge is 0.242 e. The van der Waals surface area contributed by atoms with Crippen LogP contribution in [0.25, 0.3) is 0 Å². The summed E-state index contributed by atoms with van der Waals surface area (Å²) in [6.45, 7) is 0.811. The Hall–Kier alpha value is -1.60. The molecule has 6 nitrogen and oxygen atoms in total. The van der Waals surface area contributed by atoms with E-state index in [1.807, 2.05) is 0 Å². The third-order valence-electron chi connectivity index (χ3n) is 3.22. The van der Waals surface area contributed by atoms with E-state index in [9.17, 15) is 13.2 Å². The van der Waals surface area contributed by atoms with Crippen molar-refractivity contribution < 1.29 is 17.9 Å². The monoisotopic (exact) mass is 312 g/mol. The molecule has 0 aliphatic heterocycles. The fourth-order valence-electron chi connectivity index (χ4n) is 1.75. The largest absolute Gasteiger partial charge is 0.492 e. The van der Waals surface area contributed by atoms with E-state index in [0.717, 1.165) is 17.1 Å². The van der Waals surface area contributed by atoms with Gasteiger partial charge in [0.05, 0.1) is 11.4 Å². The number of hydrogen-bond donors (Lipinski definition) is 1. The number of sulfonamides is 1. The second kappa shape index (κ2) is 6.44. The van der Waals surface area contributed by atoms with E-state index in [2.05, 4.69) is 5.32 Å². The van der Waals surface area contributed by atoms with Gasteiger partial charge in [0.15, 0.2) is 0 Å². The molecule has 1 amide bonds. The van der Waals surface area contributed by atoms with Crippen molar-refractivity contribution in [1.29, 1.82) is 0 Å². The molecule has 1 N–H and O–H groups in total. The molecule has 0 radical (unpaired) electrons. The lowest BCUT2D eigenvalue weighted by Crippen LogP contribution is -2.29. The molecule has 0 heterocycles. The van der Waals surface area contributed by atoms with E-state index in [4.69, 9.17) is 4.74 Å². The summed E-state index contributed by atoms with van der Waals surface area (Å²) in [6.07, 6.45) is 1.96. The third-order valence-corrected chi connectivity index (χ3v) is 5.05. The third kappa shape index (κ3) is 4.18. The van der Waals surface area contributed by atoms with Gasteiger partial charge in [-0.1, -0.05) is 0 Å². The van der Waals surface area contributed by atoms with Crippen molar-refractivity contribution in [2.45, 2.75) is 17.7 Å². The van der Waals surface area contributed by atoms with Crippen molar-refractivity contribution in [3.8, 4) is 5.75 Å². The Morgan fingerprint density at radius 2 is 1.90 bits per heavy atom. The molecule has 7 heteroatoms. The Kier molecular flexibility index (Phi) is 4.84. The Morgan fingerprint density at radius 1 is 1.29 bits per heavy atom. The molecule has 1 aliphatic rings. The summed E-state index contributed by atoms with van der Waals surface area (Å²) in [5.74, 6) is 0.861. The maximum Gasteiger partial charge on any atom is 0.242 e. The number of benzene rings is 1. The van der Waals surface area contributed by atoms with Gasteiger partial charge in [-0.05, 0) is 37.1 Å². The molecule has 1 fully saturated rings. The van der Waals surface area contributed by atoms with Crippen LogP contribution in [0.15, 0.2) is 29.2 Å². The number of nitrogens with one attached hydrogen (secondary N) is 1. The van der Waals surface area contributed by atoms with Crippen LogP contribution in [0.1, 0.15) is 12.8 Å². The quantitative estimate of drug-likeness (QED) is 0.757. The maximum absolute atomic E-state index is 11.9. The normalized spacial score (nSPS) is 15.0. The molecule has 116 valence electrons. The highest BCUT2D eigenvalue weighted by atomic mass is 32.2. The predicted molar refractivity (Wildman–Crippen MR) is 78.5 cm³/mol. The van der Waals surface area contributed by atoms with Crippen LogP contribution >= 0.6 is 0 Å². The predicted octanol–water partition coefficient (Wildman–Crippen LogP) is 0.842. The molecule has 1 aromatic carbocycles. The molecule has 2 rings (SSSR count). The first-order valence-electron chi connectivity index (χ1n) is 6.84. The second-order valence-electron chi connectivity index (χ2n) is 5.17. The fourth-order valence-corrected chi connectivity index (χ4v) is 2.65. The van der Waals surface area contributed by atoms with E-state index in [1.165, 1.54) is 26.2 Å². The first-order chi connectivity index (χ1) is 9.91. The standard InChI is InChI=1S/C14H20N2O4S/c1-16(2)21(18,19)13-7-5-12(6-8-13)20-10-9-15-14(17)11-3-4-11/h5-8,11H,3-4,9-10H2,1-2H3,(H,15,17). The van der Waals surface area contributed by atoms with E-state index in [1.54, 1.807) is 12.1 Å². The minimum absolute atomic E-state index is 0.0889. The van der Waals surface area contributed by atoms with Crippen molar-refractivity contribution in [3.05, 3.63) is 24.3 Å². The van der Waals surface area contributed by atoms with Gasteiger partial charge in [-0.15, -0.1) is 0 Å². The topological polar surface area (TPSA) is 75.7 Å². The molecule has 0 bridgehead atoms. The van der Waals surface area contributed by atoms with Crippen molar-refractivity contribution >= 4 is 15.9 Å². The van der Waals surface area contributed by atoms with Gasteiger partial charge in [0.2, 0.25) is 15.9 Å². The van der Waals surface area contributed by atoms with Gasteiger partial charge in [-0.3, -0.25) is 4.79 Å². The van der Waals surface area contributed by atoms with Crippen LogP contribution in [0.3, 0.4) is 0 Å². The average molecular weight is 312 g/mol. The highest BCUT2D eigenvalue weighted by Crippen LogP contribution is 2.28. The van der Waals surface area contributed by atoms with Crippen molar-refractivity contribution in [2.75, 3.05) is 27.2 Å². The zero-order chi connectivity index (χ0) is 15.5. The molecular formula is C14H20N2O4S. The molecule has 0 saturated heterocycles. The molecule has 0 unspecified atom stereocenters. The van der Waals surface area contributed by atoms with Gasteiger partial charge in [-0.2, -0.15) is 0 Å². The summed E-state index contributed by atoms with van der Waals surface area (Å²) in [5.41, 5.74) is 0. The first kappa shape index (κ1) is 15.8. The Balaban J connectivity index is 1.81. The Morgan fingerprint density at radius 3 is 2.43 bits per heavy atom. The zero-order valence-electron chi connectivity index (χ0n) is 12.2. The van der Waals surface area contributed by atoms with Crippen LogP contribution in [-0.2, 0) is 14.8 Å². The molecule has 1 saturated carbocycles. The van der Waals surface area contributed by atoms with Gasteiger partial charge >= 0.3 is 0 Å². The number of ether oxygens (including phenoxy) is 1. The van der Waals surface area contributed by atoms with Gasteiger partial charge in [0.25, 0.3) is 0 Å². The van der Waals surface area contributed by atoms with Gasteiger partial charge in [0.1, 0.15) is 12.4 Å². The number of nitrogens with zero attached hydrogens (tertiary/aromatic N) is 1. The van der Waals surface area contributed by atoms with Crippen LogP contribution in [0.5, 0.6) is 5.75 Å². The van der Waals surface area contributed by atoms with Crippen molar-refractivity contribution in [1.82, 2.24) is 9.62 Å². The lowest BCUT2D eigenvalue weighted by Gasteiger charge is -2.12. The fraction of sp³-hybridized carbons (Fsp3) is 0.500. The number of hydrogen-bond acceptors (Lipinski definition) is 4. The molecule has 0 spiro atoms. The number of carbonyl (C=O) groups excluding carboxylic acids is 1. The summed E-state index contributed by atoms with van der Waals surface area (Å²) in [5, 5.41) is 2.80. The molecule has 0 aromatic heterocycles. The summed E-state index contributed by atoms with van der Waals surface area (Å²) >= 11 is 0. The van der Waals surface area contributed by atoms with Crippen LogP contribution in [-0.4, -0.2) is 45.9 Å². The molecule has 21 heavy (non-hydrogen) atoms. The SMILES string of the molecule is CN(C)S(=O)(=O)c1ccc(OCCNC(=O)C2CC2)cc1. The molecule has 0 atom stereocenters. The van der Waals surface area contributed by atoms with Crippen LogP contribution in [0.2, 0.25) is 0 Å². The minimum atomic E-state index is -3.41. The summed E-state index contributed by atoms with van der Waals surface area (Å²) < 4.78 is 30.4. The lowest BCUT2D eigenvalue weighted by molar-refractivity contribution is -0.122. The second-order valence-corrected chi connectivity index (χ2v) is 7.32. The van der Waals surface area contributed by atoms with E-state index in [-0.39, 0.29) is 16.7 Å². The Bertz CT molecular complexity index is 592. The summed E-state index contributed by atoms with van der Waals surface area (Å²) in [7, 11) is -0.435. The van der Waals surface area contributed by atoms with Crippen molar-refractivity contribution in [3.63, 3.8) is 0 Å². The molecule has 1 aromatic rings. The molecule has 1 aliphatic carbocycles. The minimum Gasteiger partial charge on any atom is -0.492 e. The van der Waals surface area contributed by atoms with Gasteiger partial charge < -0.3 is 10.1 Å². The number of rotatable bonds is 7. The van der Waals surface area contributed by atoms with Crippen LogP contribution < -0.4 is 10.1 Å². The number of amides is 1.